The molecule has 0 fully saturated rings. The second kappa shape index (κ2) is 4.42. The Morgan fingerprint density at radius 1 is 1.17 bits per heavy atom. The minimum atomic E-state index is 0.0758. The van der Waals surface area contributed by atoms with Gasteiger partial charge in [-0.05, 0) is 31.1 Å². The molecule has 0 amide bonds. The molecule has 0 aliphatic rings. The maximum absolute atomic E-state index is 2.28. The number of hydrogen-bond acceptors (Lipinski definition) is 0. The molecule has 0 heterocycles. The number of benzene rings is 1. The van der Waals surface area contributed by atoms with Gasteiger partial charge < -0.3 is 0 Å². The summed E-state index contributed by atoms with van der Waals surface area (Å²) in [4.78, 5) is 0. The van der Waals surface area contributed by atoms with Crippen LogP contribution in [0.1, 0.15) is 12.5 Å². The Morgan fingerprint density at radius 3 is 2.25 bits per heavy atom. The molecule has 0 saturated heterocycles. The fourth-order valence-corrected chi connectivity index (χ4v) is 1.33. The molecule has 0 aliphatic heterocycles. The highest BCUT2D eigenvalue weighted by Crippen LogP contribution is 2.36. The summed E-state index contributed by atoms with van der Waals surface area (Å²) >= 11 is 0. The third-order valence-corrected chi connectivity index (χ3v) is 3.42. The van der Waals surface area contributed by atoms with Crippen molar-refractivity contribution in [2.75, 3.05) is 13.3 Å². The summed E-state index contributed by atoms with van der Waals surface area (Å²) in [5.74, 6) is 0. The summed E-state index contributed by atoms with van der Waals surface area (Å²) in [6.07, 6.45) is 2.27. The first-order chi connectivity index (χ1) is 5.70. The van der Waals surface area contributed by atoms with Gasteiger partial charge in [0.05, 0.1) is 0 Å². The van der Waals surface area contributed by atoms with Gasteiger partial charge in [0.2, 0.25) is 0 Å². The summed E-state index contributed by atoms with van der Waals surface area (Å²) in [6, 6.07) is 10.5. The van der Waals surface area contributed by atoms with E-state index in [4.69, 9.17) is 0 Å². The third kappa shape index (κ3) is 2.79. The molecular weight excluding hydrogens is 163 g/mol. The van der Waals surface area contributed by atoms with Gasteiger partial charge >= 0.3 is 0 Å². The Bertz CT molecular complexity index is 260. The fourth-order valence-electron chi connectivity index (χ4n) is 0.920. The molecule has 0 atom stereocenters. The standard InChI is InChI=1S/C11H15P/c1-10(12(2)3)9-11-7-5-4-6-8-11/h4-9H,1-3H3/b10-9+. The lowest BCUT2D eigenvalue weighted by molar-refractivity contribution is 1.62. The van der Waals surface area contributed by atoms with Crippen LogP contribution >= 0.6 is 7.92 Å². The molecule has 64 valence electrons. The van der Waals surface area contributed by atoms with E-state index in [2.05, 4.69) is 50.6 Å². The largest absolute Gasteiger partial charge is 0.0864 e. The van der Waals surface area contributed by atoms with Gasteiger partial charge in [-0.15, -0.1) is 0 Å². The van der Waals surface area contributed by atoms with E-state index in [1.165, 1.54) is 10.9 Å². The molecule has 0 spiro atoms. The van der Waals surface area contributed by atoms with Crippen molar-refractivity contribution in [1.29, 1.82) is 0 Å². The van der Waals surface area contributed by atoms with E-state index in [0.717, 1.165) is 0 Å². The van der Waals surface area contributed by atoms with E-state index in [-0.39, 0.29) is 7.92 Å². The molecule has 0 bridgehead atoms. The lowest BCUT2D eigenvalue weighted by atomic mass is 10.2. The van der Waals surface area contributed by atoms with Crippen LogP contribution in [0.25, 0.3) is 6.08 Å². The maximum atomic E-state index is 2.28. The Kier molecular flexibility index (Phi) is 3.49. The van der Waals surface area contributed by atoms with Crippen LogP contribution in [0.3, 0.4) is 0 Å². The summed E-state index contributed by atoms with van der Waals surface area (Å²) in [5, 5.41) is 1.50. The quantitative estimate of drug-likeness (QED) is 0.604. The highest BCUT2D eigenvalue weighted by atomic mass is 31.1. The predicted molar refractivity (Wildman–Crippen MR) is 58.9 cm³/mol. The van der Waals surface area contributed by atoms with E-state index in [1.807, 2.05) is 6.07 Å². The number of allylic oxidation sites excluding steroid dienone is 1. The second-order valence-corrected chi connectivity index (χ2v) is 5.59. The van der Waals surface area contributed by atoms with Gasteiger partial charge in [0.15, 0.2) is 0 Å². The number of hydrogen-bond donors (Lipinski definition) is 0. The first kappa shape index (κ1) is 9.48. The highest BCUT2D eigenvalue weighted by Gasteiger charge is 1.94. The van der Waals surface area contributed by atoms with E-state index in [9.17, 15) is 0 Å². The molecule has 0 saturated carbocycles. The fraction of sp³-hybridized carbons (Fsp3) is 0.273. The first-order valence-corrected chi connectivity index (χ1v) is 6.34. The van der Waals surface area contributed by atoms with E-state index < -0.39 is 0 Å². The normalized spacial score (nSPS) is 12.2. The van der Waals surface area contributed by atoms with Crippen LogP contribution in [-0.2, 0) is 0 Å². The molecule has 0 unspecified atom stereocenters. The Labute approximate surface area is 76.1 Å². The molecular formula is C11H15P. The van der Waals surface area contributed by atoms with Crippen molar-refractivity contribution < 1.29 is 0 Å². The molecule has 0 nitrogen and oxygen atoms in total. The monoisotopic (exact) mass is 178 g/mol. The highest BCUT2D eigenvalue weighted by molar-refractivity contribution is 7.60. The van der Waals surface area contributed by atoms with Crippen molar-refractivity contribution in [2.24, 2.45) is 0 Å². The third-order valence-electron chi connectivity index (χ3n) is 1.88. The maximum Gasteiger partial charge on any atom is -0.0254 e. The van der Waals surface area contributed by atoms with Crippen LogP contribution in [-0.4, -0.2) is 13.3 Å². The van der Waals surface area contributed by atoms with Crippen LogP contribution < -0.4 is 0 Å². The van der Waals surface area contributed by atoms with Gasteiger partial charge in [0.25, 0.3) is 0 Å². The molecule has 0 N–H and O–H groups in total. The van der Waals surface area contributed by atoms with E-state index in [1.54, 1.807) is 0 Å². The minimum Gasteiger partial charge on any atom is -0.0864 e. The van der Waals surface area contributed by atoms with Crippen molar-refractivity contribution >= 4 is 14.0 Å². The zero-order valence-corrected chi connectivity index (χ0v) is 8.81. The summed E-state index contributed by atoms with van der Waals surface area (Å²) in [6.45, 7) is 6.77. The average molecular weight is 178 g/mol. The molecule has 0 aromatic heterocycles. The summed E-state index contributed by atoms with van der Waals surface area (Å²) in [7, 11) is 0.0758. The lowest BCUT2D eigenvalue weighted by Crippen LogP contribution is -1.73. The van der Waals surface area contributed by atoms with Crippen molar-refractivity contribution in [3.05, 3.63) is 41.2 Å². The van der Waals surface area contributed by atoms with Gasteiger partial charge in [0.1, 0.15) is 0 Å². The minimum absolute atomic E-state index is 0.0758. The van der Waals surface area contributed by atoms with Crippen LogP contribution in [0.15, 0.2) is 35.6 Å². The van der Waals surface area contributed by atoms with Crippen LogP contribution in [0.2, 0.25) is 0 Å². The molecule has 1 aromatic rings. The average Bonchev–Trinajstić information content (AvgIpc) is 2.06. The molecule has 1 heteroatoms. The van der Waals surface area contributed by atoms with Crippen molar-refractivity contribution in [3.63, 3.8) is 0 Å². The van der Waals surface area contributed by atoms with Gasteiger partial charge in [-0.2, -0.15) is 0 Å². The van der Waals surface area contributed by atoms with E-state index in [0.29, 0.717) is 0 Å². The molecule has 12 heavy (non-hydrogen) atoms. The Hall–Kier alpha value is -0.610. The Balaban J connectivity index is 2.81. The van der Waals surface area contributed by atoms with Crippen LogP contribution in [0.4, 0.5) is 0 Å². The van der Waals surface area contributed by atoms with Crippen molar-refractivity contribution in [1.82, 2.24) is 0 Å². The SMILES string of the molecule is C/C(=C\c1ccccc1)P(C)C. The summed E-state index contributed by atoms with van der Waals surface area (Å²) < 4.78 is 0. The van der Waals surface area contributed by atoms with Crippen molar-refractivity contribution in [3.8, 4) is 0 Å². The van der Waals surface area contributed by atoms with Crippen LogP contribution in [0, 0.1) is 0 Å². The summed E-state index contributed by atoms with van der Waals surface area (Å²) in [5.41, 5.74) is 1.31. The molecule has 1 aromatic carbocycles. The first-order valence-electron chi connectivity index (χ1n) is 4.11. The zero-order chi connectivity index (χ0) is 8.97. The van der Waals surface area contributed by atoms with Gasteiger partial charge in [0, 0.05) is 0 Å². The molecule has 1 rings (SSSR count). The molecule has 0 radical (unpaired) electrons. The topological polar surface area (TPSA) is 0 Å². The van der Waals surface area contributed by atoms with Gasteiger partial charge in [-0.1, -0.05) is 44.3 Å². The van der Waals surface area contributed by atoms with Crippen molar-refractivity contribution in [2.45, 2.75) is 6.92 Å². The Morgan fingerprint density at radius 2 is 1.75 bits per heavy atom. The number of rotatable bonds is 2. The van der Waals surface area contributed by atoms with Crippen LogP contribution in [0.5, 0.6) is 0 Å². The predicted octanol–water partition coefficient (Wildman–Crippen LogP) is 3.79. The smallest absolute Gasteiger partial charge is 0.0254 e. The second-order valence-electron chi connectivity index (χ2n) is 3.09. The molecule has 0 aliphatic carbocycles. The van der Waals surface area contributed by atoms with Gasteiger partial charge in [-0.3, -0.25) is 0 Å². The van der Waals surface area contributed by atoms with E-state index >= 15 is 0 Å². The zero-order valence-electron chi connectivity index (χ0n) is 7.91. The lowest BCUT2D eigenvalue weighted by Gasteiger charge is -2.04. The van der Waals surface area contributed by atoms with Gasteiger partial charge in [-0.25, -0.2) is 0 Å².